The average molecular weight is 417 g/mol. The second-order valence-electron chi connectivity index (χ2n) is 9.02. The summed E-state index contributed by atoms with van der Waals surface area (Å²) in [5, 5.41) is 0. The minimum Gasteiger partial charge on any atom is -0.397 e. The first-order valence-electron chi connectivity index (χ1n) is 11.5. The molecule has 1 saturated heterocycles. The van der Waals surface area contributed by atoms with Crippen molar-refractivity contribution in [2.45, 2.75) is 90.9 Å². The molecule has 4 nitrogen and oxygen atoms in total. The maximum atomic E-state index is 5.79. The lowest BCUT2D eigenvalue weighted by Crippen LogP contribution is -2.65. The average Bonchev–Trinajstić information content (AvgIpc) is 2.59. The summed E-state index contributed by atoms with van der Waals surface area (Å²) in [6.45, 7) is 26.9. The number of unbranched alkanes of at least 4 members (excludes halogenated alkanes) is 1. The summed E-state index contributed by atoms with van der Waals surface area (Å²) in [4.78, 5) is 2.69. The summed E-state index contributed by atoms with van der Waals surface area (Å²) in [5.41, 5.74) is 2.47. The topological polar surface area (TPSA) is 24.9 Å². The maximum Gasteiger partial charge on any atom is 0.321 e. The summed E-state index contributed by atoms with van der Waals surface area (Å²) < 4.78 is 14.5. The highest BCUT2D eigenvalue weighted by Gasteiger charge is 2.48. The molecule has 0 aromatic heterocycles. The highest BCUT2D eigenvalue weighted by molar-refractivity contribution is 6.81. The lowest BCUT2D eigenvalue weighted by atomic mass is 10.3. The van der Waals surface area contributed by atoms with E-state index >= 15 is 0 Å². The van der Waals surface area contributed by atoms with Gasteiger partial charge in [0.15, 0.2) is 0 Å². The Kier molecular flexibility index (Phi) is 12.0. The van der Waals surface area contributed by atoms with E-state index < -0.39 is 17.5 Å². The molecule has 0 aromatic carbocycles. The maximum absolute atomic E-state index is 5.79. The van der Waals surface area contributed by atoms with Crippen LogP contribution < -0.4 is 0 Å². The summed E-state index contributed by atoms with van der Waals surface area (Å²) in [7, 11) is -2.84. The normalized spacial score (nSPS) is 17.8. The molecule has 0 N–H and O–H groups in total. The molecule has 1 fully saturated rings. The minimum atomic E-state index is -1.45. The Morgan fingerprint density at radius 2 is 1.26 bits per heavy atom. The van der Waals surface area contributed by atoms with Crippen LogP contribution in [0.5, 0.6) is 0 Å². The van der Waals surface area contributed by atoms with Crippen LogP contribution in [-0.4, -0.2) is 72.9 Å². The Balaban J connectivity index is 2.45. The van der Waals surface area contributed by atoms with Crippen molar-refractivity contribution in [2.75, 3.05) is 45.9 Å². The van der Waals surface area contributed by atoms with Crippen LogP contribution in [0.1, 0.15) is 68.2 Å². The lowest BCUT2D eigenvalue weighted by molar-refractivity contribution is 0.174. The molecule has 1 heterocycles. The van der Waals surface area contributed by atoms with E-state index in [2.05, 4.69) is 64.9 Å². The SMILES string of the molecule is CCO[SiH](CCCCN1CCN([Si](C(C)C)(C(C)C)C(C)C)CC1)OCC. The van der Waals surface area contributed by atoms with Gasteiger partial charge in [-0.1, -0.05) is 48.0 Å². The third-order valence-corrected chi connectivity index (χ3v) is 15.9. The Hall–Kier alpha value is 0.274. The second kappa shape index (κ2) is 12.8. The van der Waals surface area contributed by atoms with E-state index in [-0.39, 0.29) is 0 Å². The monoisotopic (exact) mass is 416 g/mol. The van der Waals surface area contributed by atoms with Gasteiger partial charge in [-0.2, -0.15) is 0 Å². The fourth-order valence-electron chi connectivity index (χ4n) is 5.69. The molecule has 0 amide bonds. The van der Waals surface area contributed by atoms with Gasteiger partial charge in [-0.3, -0.25) is 0 Å². The van der Waals surface area contributed by atoms with Crippen molar-refractivity contribution in [3.63, 3.8) is 0 Å². The van der Waals surface area contributed by atoms with E-state index in [1.165, 1.54) is 45.6 Å². The summed E-state index contributed by atoms with van der Waals surface area (Å²) in [5.74, 6) is 0. The van der Waals surface area contributed by atoms with Crippen LogP contribution in [0.25, 0.3) is 0 Å². The summed E-state index contributed by atoms with van der Waals surface area (Å²) in [6.07, 6.45) is 2.53. The predicted octanol–water partition coefficient (Wildman–Crippen LogP) is 4.85. The number of hydrogen-bond acceptors (Lipinski definition) is 4. The number of piperazine rings is 1. The zero-order valence-corrected chi connectivity index (χ0v) is 21.7. The van der Waals surface area contributed by atoms with Gasteiger partial charge in [0, 0.05) is 39.4 Å². The molecule has 0 bridgehead atoms. The first-order chi connectivity index (χ1) is 12.8. The van der Waals surface area contributed by atoms with Gasteiger partial charge in [-0.25, -0.2) is 0 Å². The zero-order chi connectivity index (χ0) is 20.4. The molecule has 162 valence electrons. The van der Waals surface area contributed by atoms with E-state index in [4.69, 9.17) is 8.85 Å². The van der Waals surface area contributed by atoms with Gasteiger partial charge in [0.1, 0.15) is 8.24 Å². The van der Waals surface area contributed by atoms with Gasteiger partial charge in [0.05, 0.1) is 0 Å². The van der Waals surface area contributed by atoms with Crippen LogP contribution in [-0.2, 0) is 8.85 Å². The van der Waals surface area contributed by atoms with Crippen LogP contribution >= 0.6 is 0 Å². The first-order valence-corrected chi connectivity index (χ1v) is 15.4. The molecular formula is C21H48N2O2Si2. The molecule has 0 atom stereocenters. The van der Waals surface area contributed by atoms with Crippen molar-refractivity contribution in [3.05, 3.63) is 0 Å². The second-order valence-corrected chi connectivity index (χ2v) is 17.0. The van der Waals surface area contributed by atoms with Crippen molar-refractivity contribution in [1.29, 1.82) is 0 Å². The third kappa shape index (κ3) is 6.93. The molecule has 0 saturated carbocycles. The molecule has 0 spiro atoms. The molecule has 6 heteroatoms. The van der Waals surface area contributed by atoms with Crippen molar-refractivity contribution >= 4 is 17.5 Å². The fraction of sp³-hybridized carbons (Fsp3) is 1.00. The molecule has 0 aromatic rings. The van der Waals surface area contributed by atoms with E-state index in [0.29, 0.717) is 0 Å². The first kappa shape index (κ1) is 25.3. The van der Waals surface area contributed by atoms with Crippen molar-refractivity contribution in [2.24, 2.45) is 0 Å². The summed E-state index contributed by atoms with van der Waals surface area (Å²) >= 11 is 0. The van der Waals surface area contributed by atoms with Crippen molar-refractivity contribution < 1.29 is 8.85 Å². The molecule has 27 heavy (non-hydrogen) atoms. The van der Waals surface area contributed by atoms with E-state index in [1.54, 1.807) is 0 Å². The van der Waals surface area contributed by atoms with E-state index in [1.807, 2.05) is 0 Å². The molecule has 1 aliphatic heterocycles. The number of hydrogen-bond donors (Lipinski definition) is 0. The highest BCUT2D eigenvalue weighted by atomic mass is 28.3. The Labute approximate surface area is 172 Å². The standard InChI is InChI=1S/C21H48N2O2Si2/c1-9-24-26(25-10-2)18-12-11-13-22-14-16-23(17-15-22)27(19(3)4,20(5)6)21(7)8/h19-21,26H,9-18H2,1-8H3. The largest absolute Gasteiger partial charge is 0.397 e. The van der Waals surface area contributed by atoms with E-state index in [0.717, 1.165) is 35.9 Å². The van der Waals surface area contributed by atoms with Gasteiger partial charge in [-0.05, 0) is 49.5 Å². The van der Waals surface area contributed by atoms with Gasteiger partial charge < -0.3 is 18.3 Å². The van der Waals surface area contributed by atoms with Crippen molar-refractivity contribution in [1.82, 2.24) is 9.47 Å². The lowest BCUT2D eigenvalue weighted by Gasteiger charge is -2.53. The Bertz CT molecular complexity index is 359. The van der Waals surface area contributed by atoms with Crippen LogP contribution in [0.4, 0.5) is 0 Å². The molecule has 0 radical (unpaired) electrons. The predicted molar refractivity (Wildman–Crippen MR) is 124 cm³/mol. The van der Waals surface area contributed by atoms with Crippen LogP contribution in [0.3, 0.4) is 0 Å². The van der Waals surface area contributed by atoms with E-state index in [9.17, 15) is 0 Å². The van der Waals surface area contributed by atoms with Gasteiger partial charge in [0.25, 0.3) is 0 Å². The zero-order valence-electron chi connectivity index (χ0n) is 19.6. The summed E-state index contributed by atoms with van der Waals surface area (Å²) in [6, 6.07) is 1.16. The van der Waals surface area contributed by atoms with Gasteiger partial charge in [0.2, 0.25) is 0 Å². The molecule has 1 aliphatic rings. The quantitative estimate of drug-likeness (QED) is 0.316. The van der Waals surface area contributed by atoms with Crippen LogP contribution in [0, 0.1) is 0 Å². The smallest absolute Gasteiger partial charge is 0.321 e. The molecule has 0 aliphatic carbocycles. The number of rotatable bonds is 13. The molecule has 0 unspecified atom stereocenters. The third-order valence-electron chi connectivity index (χ3n) is 6.56. The Morgan fingerprint density at radius 3 is 1.67 bits per heavy atom. The highest BCUT2D eigenvalue weighted by Crippen LogP contribution is 2.44. The fourth-order valence-corrected chi connectivity index (χ4v) is 14.6. The van der Waals surface area contributed by atoms with Gasteiger partial charge >= 0.3 is 9.28 Å². The Morgan fingerprint density at radius 1 is 0.778 bits per heavy atom. The van der Waals surface area contributed by atoms with Crippen molar-refractivity contribution in [3.8, 4) is 0 Å². The molecule has 1 rings (SSSR count). The van der Waals surface area contributed by atoms with Crippen LogP contribution in [0.2, 0.25) is 22.7 Å². The minimum absolute atomic E-state index is 0.798. The van der Waals surface area contributed by atoms with Crippen LogP contribution in [0.15, 0.2) is 0 Å². The number of nitrogens with zero attached hydrogens (tertiary/aromatic N) is 2. The van der Waals surface area contributed by atoms with Gasteiger partial charge in [-0.15, -0.1) is 0 Å². The molecular weight excluding hydrogens is 368 g/mol.